The van der Waals surface area contributed by atoms with E-state index < -0.39 is 0 Å². The van der Waals surface area contributed by atoms with Gasteiger partial charge in [-0.05, 0) is 44.7 Å². The smallest absolute Gasteiger partial charge is 0.255 e. The molecule has 0 spiro atoms. The predicted molar refractivity (Wildman–Crippen MR) is 81.1 cm³/mol. The van der Waals surface area contributed by atoms with Gasteiger partial charge in [-0.3, -0.25) is 4.79 Å². The average molecular weight is 276 g/mol. The molecule has 1 unspecified atom stereocenters. The second-order valence-electron chi connectivity index (χ2n) is 5.52. The number of aliphatic hydroxyl groups is 1. The molecule has 1 aliphatic rings. The maximum absolute atomic E-state index is 12.7. The maximum Gasteiger partial charge on any atom is 0.255 e. The first-order valence-electron chi connectivity index (χ1n) is 7.40. The third kappa shape index (κ3) is 3.31. The Balaban J connectivity index is 2.21. The van der Waals surface area contributed by atoms with E-state index in [1.807, 2.05) is 36.9 Å². The number of likely N-dealkylation sites (tertiary alicyclic amines) is 1. The van der Waals surface area contributed by atoms with Crippen LogP contribution < -0.4 is 5.32 Å². The molecule has 1 atom stereocenters. The lowest BCUT2D eigenvalue weighted by atomic mass is 9.98. The van der Waals surface area contributed by atoms with Crippen LogP contribution in [0, 0.1) is 12.8 Å². The Hall–Kier alpha value is -1.55. The summed E-state index contributed by atoms with van der Waals surface area (Å²) in [4.78, 5) is 14.6. The summed E-state index contributed by atoms with van der Waals surface area (Å²) in [6.07, 6.45) is 1.98. The van der Waals surface area contributed by atoms with Crippen molar-refractivity contribution in [2.45, 2.75) is 26.7 Å². The van der Waals surface area contributed by atoms with Gasteiger partial charge >= 0.3 is 0 Å². The van der Waals surface area contributed by atoms with Gasteiger partial charge in [-0.15, -0.1) is 0 Å². The molecule has 1 aliphatic heterocycles. The zero-order valence-electron chi connectivity index (χ0n) is 12.4. The fourth-order valence-corrected chi connectivity index (χ4v) is 2.75. The van der Waals surface area contributed by atoms with Crippen molar-refractivity contribution in [1.29, 1.82) is 0 Å². The Kier molecular flexibility index (Phi) is 5.01. The molecule has 2 N–H and O–H groups in total. The number of amides is 1. The fraction of sp³-hybridized carbons (Fsp3) is 0.562. The molecule has 2 rings (SSSR count). The molecule has 0 saturated carbocycles. The van der Waals surface area contributed by atoms with Crippen LogP contribution in [-0.2, 0) is 0 Å². The summed E-state index contributed by atoms with van der Waals surface area (Å²) < 4.78 is 0. The van der Waals surface area contributed by atoms with Gasteiger partial charge in [0.2, 0.25) is 0 Å². The third-order valence-corrected chi connectivity index (χ3v) is 3.84. The van der Waals surface area contributed by atoms with Gasteiger partial charge in [-0.2, -0.15) is 0 Å². The Morgan fingerprint density at radius 1 is 1.50 bits per heavy atom. The SMILES string of the molecule is CCNc1ccc(C)cc1C(=O)N1CCCC(CO)C1. The van der Waals surface area contributed by atoms with Crippen molar-refractivity contribution in [3.8, 4) is 0 Å². The van der Waals surface area contributed by atoms with Crippen LogP contribution in [0.15, 0.2) is 18.2 Å². The summed E-state index contributed by atoms with van der Waals surface area (Å²) in [5.41, 5.74) is 2.73. The van der Waals surface area contributed by atoms with Crippen molar-refractivity contribution in [3.05, 3.63) is 29.3 Å². The van der Waals surface area contributed by atoms with Crippen LogP contribution in [0.3, 0.4) is 0 Å². The number of carbonyl (C=O) groups is 1. The Bertz CT molecular complexity index is 474. The molecule has 110 valence electrons. The normalized spacial score (nSPS) is 18.9. The van der Waals surface area contributed by atoms with E-state index in [4.69, 9.17) is 0 Å². The second kappa shape index (κ2) is 6.75. The molecule has 1 heterocycles. The van der Waals surface area contributed by atoms with E-state index in [0.29, 0.717) is 6.54 Å². The number of nitrogens with zero attached hydrogens (tertiary/aromatic N) is 1. The highest BCUT2D eigenvalue weighted by molar-refractivity contribution is 5.99. The van der Waals surface area contributed by atoms with Gasteiger partial charge in [0, 0.05) is 31.9 Å². The molecule has 1 amide bonds. The molecule has 0 aromatic heterocycles. The lowest BCUT2D eigenvalue weighted by Crippen LogP contribution is -2.41. The predicted octanol–water partition coefficient (Wildman–Crippen LogP) is 2.27. The van der Waals surface area contributed by atoms with Crippen molar-refractivity contribution in [1.82, 2.24) is 4.90 Å². The van der Waals surface area contributed by atoms with Crippen LogP contribution in [0.25, 0.3) is 0 Å². The van der Waals surface area contributed by atoms with Crippen LogP contribution in [0.4, 0.5) is 5.69 Å². The van der Waals surface area contributed by atoms with Gasteiger partial charge in [0.15, 0.2) is 0 Å². The zero-order valence-corrected chi connectivity index (χ0v) is 12.4. The molecule has 1 aromatic rings. The monoisotopic (exact) mass is 276 g/mol. The largest absolute Gasteiger partial charge is 0.396 e. The lowest BCUT2D eigenvalue weighted by molar-refractivity contribution is 0.0621. The van der Waals surface area contributed by atoms with Crippen LogP contribution in [0.5, 0.6) is 0 Å². The van der Waals surface area contributed by atoms with Crippen LogP contribution in [-0.4, -0.2) is 42.2 Å². The van der Waals surface area contributed by atoms with Crippen LogP contribution >= 0.6 is 0 Å². The Morgan fingerprint density at radius 2 is 2.30 bits per heavy atom. The molecule has 20 heavy (non-hydrogen) atoms. The maximum atomic E-state index is 12.7. The number of aryl methyl sites for hydroxylation is 1. The minimum atomic E-state index is 0.0720. The first-order valence-corrected chi connectivity index (χ1v) is 7.40. The highest BCUT2D eigenvalue weighted by Crippen LogP contribution is 2.23. The van der Waals surface area contributed by atoms with Gasteiger partial charge in [0.05, 0.1) is 5.56 Å². The van der Waals surface area contributed by atoms with Crippen LogP contribution in [0.2, 0.25) is 0 Å². The van der Waals surface area contributed by atoms with E-state index in [0.717, 1.165) is 42.7 Å². The molecule has 0 radical (unpaired) electrons. The summed E-state index contributed by atoms with van der Waals surface area (Å²) in [6.45, 7) is 6.43. The standard InChI is InChI=1S/C16H24N2O2/c1-3-17-15-7-6-12(2)9-14(15)16(20)18-8-4-5-13(10-18)11-19/h6-7,9,13,17,19H,3-5,8,10-11H2,1-2H3. The number of benzene rings is 1. The quantitative estimate of drug-likeness (QED) is 0.887. The molecule has 1 saturated heterocycles. The highest BCUT2D eigenvalue weighted by atomic mass is 16.3. The molecule has 1 fully saturated rings. The molecule has 4 nitrogen and oxygen atoms in total. The van der Waals surface area contributed by atoms with Crippen molar-refractivity contribution < 1.29 is 9.90 Å². The number of anilines is 1. The van der Waals surface area contributed by atoms with E-state index >= 15 is 0 Å². The topological polar surface area (TPSA) is 52.6 Å². The van der Waals surface area contributed by atoms with Crippen molar-refractivity contribution in [3.63, 3.8) is 0 Å². The molecule has 0 bridgehead atoms. The van der Waals surface area contributed by atoms with Gasteiger partial charge in [-0.25, -0.2) is 0 Å². The number of carbonyl (C=O) groups excluding carboxylic acids is 1. The number of hydrogen-bond donors (Lipinski definition) is 2. The Labute approximate surface area is 120 Å². The minimum absolute atomic E-state index is 0.0720. The number of aliphatic hydroxyl groups excluding tert-OH is 1. The highest BCUT2D eigenvalue weighted by Gasteiger charge is 2.25. The summed E-state index contributed by atoms with van der Waals surface area (Å²) in [7, 11) is 0. The van der Waals surface area contributed by atoms with Crippen molar-refractivity contribution >= 4 is 11.6 Å². The number of rotatable bonds is 4. The molecule has 0 aliphatic carbocycles. The number of hydrogen-bond acceptors (Lipinski definition) is 3. The van der Waals surface area contributed by atoms with Gasteiger partial charge in [0.1, 0.15) is 0 Å². The third-order valence-electron chi connectivity index (χ3n) is 3.84. The summed E-state index contributed by atoms with van der Waals surface area (Å²) in [5.74, 6) is 0.294. The van der Waals surface area contributed by atoms with Crippen molar-refractivity contribution in [2.24, 2.45) is 5.92 Å². The minimum Gasteiger partial charge on any atom is -0.396 e. The van der Waals surface area contributed by atoms with Gasteiger partial charge in [-0.1, -0.05) is 11.6 Å². The second-order valence-corrected chi connectivity index (χ2v) is 5.52. The fourth-order valence-electron chi connectivity index (χ4n) is 2.75. The van der Waals surface area contributed by atoms with Crippen LogP contribution in [0.1, 0.15) is 35.7 Å². The summed E-state index contributed by atoms with van der Waals surface area (Å²) in [5, 5.41) is 12.5. The lowest BCUT2D eigenvalue weighted by Gasteiger charge is -2.32. The summed E-state index contributed by atoms with van der Waals surface area (Å²) in [6, 6.07) is 5.93. The molecule has 1 aromatic carbocycles. The Morgan fingerprint density at radius 3 is 3.00 bits per heavy atom. The summed E-state index contributed by atoms with van der Waals surface area (Å²) >= 11 is 0. The van der Waals surface area contributed by atoms with E-state index in [1.165, 1.54) is 0 Å². The molecular formula is C16H24N2O2. The average Bonchev–Trinajstić information content (AvgIpc) is 2.48. The first-order chi connectivity index (χ1) is 9.65. The van der Waals surface area contributed by atoms with Gasteiger partial charge in [0.25, 0.3) is 5.91 Å². The van der Waals surface area contributed by atoms with Gasteiger partial charge < -0.3 is 15.3 Å². The number of nitrogens with one attached hydrogen (secondary N) is 1. The first kappa shape index (κ1) is 14.9. The van der Waals surface area contributed by atoms with E-state index in [-0.39, 0.29) is 18.4 Å². The van der Waals surface area contributed by atoms with E-state index in [9.17, 15) is 9.90 Å². The molecule has 4 heteroatoms. The van der Waals surface area contributed by atoms with E-state index in [1.54, 1.807) is 0 Å². The van der Waals surface area contributed by atoms with E-state index in [2.05, 4.69) is 5.32 Å². The van der Waals surface area contributed by atoms with Crippen molar-refractivity contribution in [2.75, 3.05) is 31.6 Å². The molecular weight excluding hydrogens is 252 g/mol. The zero-order chi connectivity index (χ0) is 14.5. The number of piperidine rings is 1.